The first kappa shape index (κ1) is 14.5. The highest BCUT2D eigenvalue weighted by molar-refractivity contribution is 7.89. The fourth-order valence-corrected chi connectivity index (χ4v) is 4.17. The lowest BCUT2D eigenvalue weighted by atomic mass is 9.77. The molecule has 2 rings (SSSR count). The highest BCUT2D eigenvalue weighted by atomic mass is 32.2. The van der Waals surface area contributed by atoms with E-state index in [4.69, 9.17) is 0 Å². The summed E-state index contributed by atoms with van der Waals surface area (Å²) in [5.74, 6) is 0.317. The summed E-state index contributed by atoms with van der Waals surface area (Å²) < 4.78 is 25.2. The summed E-state index contributed by atoms with van der Waals surface area (Å²) in [6.45, 7) is 7.64. The molecule has 2 aliphatic heterocycles. The Morgan fingerprint density at radius 2 is 1.84 bits per heavy atom. The molecule has 6 heteroatoms. The highest BCUT2D eigenvalue weighted by Gasteiger charge is 2.48. The molecule has 0 aromatic carbocycles. The number of rotatable bonds is 4. The summed E-state index contributed by atoms with van der Waals surface area (Å²) in [5, 5.41) is 0. The van der Waals surface area contributed by atoms with Crippen LogP contribution in [-0.2, 0) is 14.8 Å². The Morgan fingerprint density at radius 1 is 1.26 bits per heavy atom. The van der Waals surface area contributed by atoms with Gasteiger partial charge in [0.15, 0.2) is 0 Å². The number of hydrogen-bond donors (Lipinski definition) is 0. The van der Waals surface area contributed by atoms with E-state index in [9.17, 15) is 13.2 Å². The normalized spacial score (nSPS) is 24.1. The van der Waals surface area contributed by atoms with Crippen LogP contribution in [0.25, 0.3) is 0 Å². The van der Waals surface area contributed by atoms with Gasteiger partial charge in [0.25, 0.3) is 0 Å². The molecule has 108 valence electrons. The van der Waals surface area contributed by atoms with Gasteiger partial charge in [0, 0.05) is 26.2 Å². The van der Waals surface area contributed by atoms with Gasteiger partial charge in [0.05, 0.1) is 11.2 Å². The first-order valence-electron chi connectivity index (χ1n) is 6.83. The van der Waals surface area contributed by atoms with Gasteiger partial charge in [-0.15, -0.1) is 6.58 Å². The molecule has 2 aliphatic rings. The molecule has 0 saturated carbocycles. The molecule has 1 amide bonds. The van der Waals surface area contributed by atoms with Crippen LogP contribution in [0.4, 0.5) is 0 Å². The summed E-state index contributed by atoms with van der Waals surface area (Å²) in [5.41, 5.74) is -0.317. The van der Waals surface area contributed by atoms with Crippen LogP contribution in [0.2, 0.25) is 0 Å². The number of sulfonamides is 1. The van der Waals surface area contributed by atoms with Crippen molar-refractivity contribution in [1.29, 1.82) is 0 Å². The Kier molecular flexibility index (Phi) is 4.01. The average molecular weight is 286 g/mol. The second-order valence-electron chi connectivity index (χ2n) is 5.37. The van der Waals surface area contributed by atoms with Crippen molar-refractivity contribution in [3.63, 3.8) is 0 Å². The van der Waals surface area contributed by atoms with Crippen LogP contribution in [0, 0.1) is 5.41 Å². The summed E-state index contributed by atoms with van der Waals surface area (Å²) in [7, 11) is -3.12. The Balaban J connectivity index is 2.04. The van der Waals surface area contributed by atoms with Crippen LogP contribution >= 0.6 is 0 Å². The molecule has 2 heterocycles. The number of nitrogens with zero attached hydrogens (tertiary/aromatic N) is 2. The zero-order chi connectivity index (χ0) is 14.1. The predicted octanol–water partition coefficient (Wildman–Crippen LogP) is 0.837. The number of hydrogen-bond acceptors (Lipinski definition) is 3. The van der Waals surface area contributed by atoms with Gasteiger partial charge in [-0.1, -0.05) is 6.08 Å². The smallest absolute Gasteiger partial charge is 0.229 e. The maximum atomic E-state index is 12.4. The third kappa shape index (κ3) is 2.56. The SMILES string of the molecule is C=CCN1CCC2(CCN(S(=O)(=O)CC)CC2)C1=O. The summed E-state index contributed by atoms with van der Waals surface area (Å²) >= 11 is 0. The molecule has 0 bridgehead atoms. The predicted molar refractivity (Wildman–Crippen MR) is 74.1 cm³/mol. The lowest BCUT2D eigenvalue weighted by Crippen LogP contribution is -2.47. The van der Waals surface area contributed by atoms with E-state index < -0.39 is 10.0 Å². The number of likely N-dealkylation sites (tertiary alicyclic amines) is 1. The maximum Gasteiger partial charge on any atom is 0.229 e. The van der Waals surface area contributed by atoms with E-state index in [-0.39, 0.29) is 17.1 Å². The molecule has 0 aromatic heterocycles. The maximum absolute atomic E-state index is 12.4. The minimum atomic E-state index is -3.12. The van der Waals surface area contributed by atoms with Gasteiger partial charge in [-0.05, 0) is 26.2 Å². The minimum absolute atomic E-state index is 0.135. The number of carbonyl (C=O) groups is 1. The van der Waals surface area contributed by atoms with Crippen molar-refractivity contribution in [2.45, 2.75) is 26.2 Å². The van der Waals surface area contributed by atoms with Gasteiger partial charge in [0.2, 0.25) is 15.9 Å². The second kappa shape index (κ2) is 5.25. The van der Waals surface area contributed by atoms with E-state index in [1.165, 1.54) is 4.31 Å². The number of amides is 1. The fourth-order valence-electron chi connectivity index (χ4n) is 3.06. The Labute approximate surface area is 115 Å². The Hall–Kier alpha value is -0.880. The standard InChI is InChI=1S/C13H22N2O3S/c1-3-8-14-9-5-13(12(14)16)6-10-15(11-7-13)19(17,18)4-2/h3H,1,4-11H2,2H3. The molecule has 2 fully saturated rings. The summed E-state index contributed by atoms with van der Waals surface area (Å²) in [6.07, 6.45) is 3.89. The molecule has 0 radical (unpaired) electrons. The number of carbonyl (C=O) groups excluding carboxylic acids is 1. The Bertz CT molecular complexity index is 464. The molecule has 0 N–H and O–H groups in total. The van der Waals surface area contributed by atoms with E-state index in [0.717, 1.165) is 13.0 Å². The van der Waals surface area contributed by atoms with Gasteiger partial charge in [-0.25, -0.2) is 12.7 Å². The topological polar surface area (TPSA) is 57.7 Å². The largest absolute Gasteiger partial charge is 0.338 e. The van der Waals surface area contributed by atoms with Crippen molar-refractivity contribution in [2.75, 3.05) is 31.9 Å². The van der Waals surface area contributed by atoms with Crippen molar-refractivity contribution in [3.05, 3.63) is 12.7 Å². The van der Waals surface area contributed by atoms with Crippen LogP contribution in [0.15, 0.2) is 12.7 Å². The van der Waals surface area contributed by atoms with Gasteiger partial charge < -0.3 is 4.90 Å². The van der Waals surface area contributed by atoms with Crippen LogP contribution in [-0.4, -0.2) is 55.5 Å². The minimum Gasteiger partial charge on any atom is -0.338 e. The fraction of sp³-hybridized carbons (Fsp3) is 0.769. The summed E-state index contributed by atoms with van der Waals surface area (Å²) in [6, 6.07) is 0. The first-order chi connectivity index (χ1) is 8.95. The highest BCUT2D eigenvalue weighted by Crippen LogP contribution is 2.41. The molecule has 0 aromatic rings. The molecular weight excluding hydrogens is 264 g/mol. The molecule has 19 heavy (non-hydrogen) atoms. The monoisotopic (exact) mass is 286 g/mol. The van der Waals surface area contributed by atoms with Crippen molar-refractivity contribution >= 4 is 15.9 Å². The first-order valence-corrected chi connectivity index (χ1v) is 8.44. The van der Waals surface area contributed by atoms with Gasteiger partial charge in [-0.3, -0.25) is 4.79 Å². The quantitative estimate of drug-likeness (QED) is 0.720. The van der Waals surface area contributed by atoms with Crippen LogP contribution in [0.1, 0.15) is 26.2 Å². The average Bonchev–Trinajstić information content (AvgIpc) is 2.70. The molecular formula is C13H22N2O3S. The molecule has 0 unspecified atom stereocenters. The Morgan fingerprint density at radius 3 is 2.37 bits per heavy atom. The molecule has 0 atom stereocenters. The van der Waals surface area contributed by atoms with Crippen LogP contribution < -0.4 is 0 Å². The third-order valence-corrected chi connectivity index (χ3v) is 6.27. The van der Waals surface area contributed by atoms with Crippen molar-refractivity contribution in [1.82, 2.24) is 9.21 Å². The van der Waals surface area contributed by atoms with Gasteiger partial charge in [0.1, 0.15) is 0 Å². The molecule has 5 nitrogen and oxygen atoms in total. The van der Waals surface area contributed by atoms with Crippen molar-refractivity contribution < 1.29 is 13.2 Å². The van der Waals surface area contributed by atoms with Crippen molar-refractivity contribution in [2.24, 2.45) is 5.41 Å². The zero-order valence-corrected chi connectivity index (χ0v) is 12.3. The van der Waals surface area contributed by atoms with E-state index in [2.05, 4.69) is 6.58 Å². The van der Waals surface area contributed by atoms with Gasteiger partial charge >= 0.3 is 0 Å². The van der Waals surface area contributed by atoms with Gasteiger partial charge in [-0.2, -0.15) is 0 Å². The zero-order valence-electron chi connectivity index (χ0n) is 11.5. The summed E-state index contributed by atoms with van der Waals surface area (Å²) in [4.78, 5) is 14.2. The van der Waals surface area contributed by atoms with E-state index >= 15 is 0 Å². The van der Waals surface area contributed by atoms with E-state index in [0.29, 0.717) is 32.5 Å². The van der Waals surface area contributed by atoms with Crippen LogP contribution in [0.3, 0.4) is 0 Å². The third-order valence-electron chi connectivity index (χ3n) is 4.39. The number of piperidine rings is 1. The van der Waals surface area contributed by atoms with E-state index in [1.807, 2.05) is 4.90 Å². The molecule has 0 aliphatic carbocycles. The molecule has 1 spiro atoms. The molecule has 2 saturated heterocycles. The van der Waals surface area contributed by atoms with Crippen molar-refractivity contribution in [3.8, 4) is 0 Å². The van der Waals surface area contributed by atoms with Crippen LogP contribution in [0.5, 0.6) is 0 Å². The second-order valence-corrected chi connectivity index (χ2v) is 7.63. The van der Waals surface area contributed by atoms with E-state index in [1.54, 1.807) is 13.0 Å². The lowest BCUT2D eigenvalue weighted by Gasteiger charge is -2.37. The lowest BCUT2D eigenvalue weighted by molar-refractivity contribution is -0.137.